The number of aromatic nitrogens is 2. The molecule has 1 unspecified atom stereocenters. The number of carbonyl (C=O) groups is 2. The summed E-state index contributed by atoms with van der Waals surface area (Å²) in [4.78, 5) is 29.3. The fraction of sp³-hybridized carbons (Fsp3) is 0.542. The van der Waals surface area contributed by atoms with Gasteiger partial charge in [-0.15, -0.1) is 0 Å². The molecular formula is C24H33N3O4. The summed E-state index contributed by atoms with van der Waals surface area (Å²) in [5.41, 5.74) is 1.10. The molecule has 3 rings (SSSR count). The SMILES string of the molecule is CC(C)(C)OC(=O)NCC1CCCn2cc(-c3cccc(C(=O)OC(C)(C)C)c3)nc21. The lowest BCUT2D eigenvalue weighted by Gasteiger charge is -2.25. The quantitative estimate of drug-likeness (QED) is 0.701. The molecule has 2 aromatic rings. The van der Waals surface area contributed by atoms with Crippen LogP contribution in [-0.2, 0) is 16.0 Å². The largest absolute Gasteiger partial charge is 0.456 e. The highest BCUT2D eigenvalue weighted by atomic mass is 16.6. The Morgan fingerprint density at radius 2 is 1.84 bits per heavy atom. The number of benzene rings is 1. The van der Waals surface area contributed by atoms with E-state index in [-0.39, 0.29) is 11.9 Å². The molecule has 1 aromatic heterocycles. The first-order chi connectivity index (χ1) is 14.4. The molecule has 0 aliphatic carbocycles. The monoisotopic (exact) mass is 427 g/mol. The van der Waals surface area contributed by atoms with Gasteiger partial charge in [0.05, 0.1) is 11.3 Å². The predicted molar refractivity (Wildman–Crippen MR) is 119 cm³/mol. The minimum absolute atomic E-state index is 0.115. The van der Waals surface area contributed by atoms with E-state index in [0.717, 1.165) is 36.5 Å². The molecule has 1 aliphatic heterocycles. The summed E-state index contributed by atoms with van der Waals surface area (Å²) in [5, 5.41) is 2.87. The van der Waals surface area contributed by atoms with Crippen LogP contribution in [0.25, 0.3) is 11.3 Å². The number of carbonyl (C=O) groups excluding carboxylic acids is 2. The minimum atomic E-state index is -0.547. The second-order valence-electron chi connectivity index (χ2n) is 9.98. The Morgan fingerprint density at radius 1 is 1.13 bits per heavy atom. The van der Waals surface area contributed by atoms with E-state index in [4.69, 9.17) is 14.5 Å². The average Bonchev–Trinajstić information content (AvgIpc) is 3.08. The van der Waals surface area contributed by atoms with Crippen LogP contribution in [0.4, 0.5) is 4.79 Å². The molecule has 0 saturated heterocycles. The lowest BCUT2D eigenvalue weighted by Crippen LogP contribution is -2.36. The molecule has 0 fully saturated rings. The molecule has 7 nitrogen and oxygen atoms in total. The summed E-state index contributed by atoms with van der Waals surface area (Å²) in [7, 11) is 0. The van der Waals surface area contributed by atoms with Gasteiger partial charge in [0.25, 0.3) is 0 Å². The van der Waals surface area contributed by atoms with Gasteiger partial charge in [-0.05, 0) is 66.5 Å². The molecule has 0 spiro atoms. The van der Waals surface area contributed by atoms with Crippen LogP contribution >= 0.6 is 0 Å². The maximum atomic E-state index is 12.4. The molecule has 7 heteroatoms. The van der Waals surface area contributed by atoms with E-state index in [9.17, 15) is 9.59 Å². The maximum Gasteiger partial charge on any atom is 0.407 e. The van der Waals surface area contributed by atoms with Crippen molar-refractivity contribution in [1.29, 1.82) is 0 Å². The first-order valence-electron chi connectivity index (χ1n) is 10.8. The van der Waals surface area contributed by atoms with E-state index in [1.807, 2.05) is 65.9 Å². The van der Waals surface area contributed by atoms with Crippen molar-refractivity contribution in [1.82, 2.24) is 14.9 Å². The molecule has 0 bridgehead atoms. The number of aryl methyl sites for hydroxylation is 1. The van der Waals surface area contributed by atoms with Crippen LogP contribution in [0.1, 0.15) is 76.5 Å². The summed E-state index contributed by atoms with van der Waals surface area (Å²) in [5.74, 6) is 0.710. The summed E-state index contributed by atoms with van der Waals surface area (Å²) < 4.78 is 13.0. The minimum Gasteiger partial charge on any atom is -0.456 e. The molecule has 1 aromatic carbocycles. The number of alkyl carbamates (subject to hydrolysis) is 1. The van der Waals surface area contributed by atoms with Gasteiger partial charge in [0.1, 0.15) is 17.0 Å². The summed E-state index contributed by atoms with van der Waals surface area (Å²) in [6, 6.07) is 7.35. The number of hydrogen-bond donors (Lipinski definition) is 1. The smallest absolute Gasteiger partial charge is 0.407 e. The standard InChI is InChI=1S/C24H33N3O4/c1-23(2,3)30-21(28)17-10-7-9-16(13-17)19-15-27-12-8-11-18(20(27)26-19)14-25-22(29)31-24(4,5)6/h7,9-10,13,15,18H,8,11-12,14H2,1-6H3,(H,25,29). The number of esters is 1. The highest BCUT2D eigenvalue weighted by Crippen LogP contribution is 2.30. The number of hydrogen-bond acceptors (Lipinski definition) is 5. The summed E-state index contributed by atoms with van der Waals surface area (Å²) in [6.45, 7) is 12.4. The van der Waals surface area contributed by atoms with Crippen LogP contribution < -0.4 is 5.32 Å². The van der Waals surface area contributed by atoms with E-state index in [1.54, 1.807) is 6.07 Å². The van der Waals surface area contributed by atoms with Gasteiger partial charge in [-0.2, -0.15) is 0 Å². The van der Waals surface area contributed by atoms with Crippen LogP contribution in [0.15, 0.2) is 30.5 Å². The highest BCUT2D eigenvalue weighted by molar-refractivity contribution is 5.91. The van der Waals surface area contributed by atoms with E-state index in [2.05, 4.69) is 9.88 Å². The van der Waals surface area contributed by atoms with E-state index in [1.165, 1.54) is 0 Å². The zero-order valence-electron chi connectivity index (χ0n) is 19.3. The number of amides is 1. The zero-order chi connectivity index (χ0) is 22.8. The Morgan fingerprint density at radius 3 is 2.52 bits per heavy atom. The number of nitrogens with one attached hydrogen (secondary N) is 1. The van der Waals surface area contributed by atoms with Gasteiger partial charge in [-0.3, -0.25) is 0 Å². The predicted octanol–water partition coefficient (Wildman–Crippen LogP) is 4.91. The first-order valence-corrected chi connectivity index (χ1v) is 10.8. The Kier molecular flexibility index (Phi) is 6.43. The molecule has 1 amide bonds. The number of nitrogens with zero attached hydrogens (tertiary/aromatic N) is 2. The number of ether oxygens (including phenoxy) is 2. The van der Waals surface area contributed by atoms with Crippen LogP contribution in [0.2, 0.25) is 0 Å². The number of rotatable bonds is 4. The van der Waals surface area contributed by atoms with Crippen molar-refractivity contribution >= 4 is 12.1 Å². The fourth-order valence-electron chi connectivity index (χ4n) is 3.57. The third kappa shape index (κ3) is 6.32. The Bertz CT molecular complexity index is 950. The average molecular weight is 428 g/mol. The van der Waals surface area contributed by atoms with Gasteiger partial charge in [0.2, 0.25) is 0 Å². The van der Waals surface area contributed by atoms with Gasteiger partial charge in [-0.1, -0.05) is 12.1 Å². The van der Waals surface area contributed by atoms with Crippen molar-refractivity contribution in [3.8, 4) is 11.3 Å². The Hall–Kier alpha value is -2.83. The molecule has 0 saturated carbocycles. The van der Waals surface area contributed by atoms with Crippen LogP contribution in [0, 0.1) is 0 Å². The lowest BCUT2D eigenvalue weighted by atomic mass is 9.99. The highest BCUT2D eigenvalue weighted by Gasteiger charge is 2.25. The van der Waals surface area contributed by atoms with E-state index in [0.29, 0.717) is 12.1 Å². The molecule has 168 valence electrons. The molecule has 1 atom stereocenters. The van der Waals surface area contributed by atoms with Gasteiger partial charge in [0, 0.05) is 30.8 Å². The van der Waals surface area contributed by atoms with Crippen molar-refractivity contribution in [2.75, 3.05) is 6.54 Å². The zero-order valence-corrected chi connectivity index (χ0v) is 19.3. The molecule has 1 aliphatic rings. The molecule has 0 radical (unpaired) electrons. The van der Waals surface area contributed by atoms with Crippen LogP contribution in [0.5, 0.6) is 0 Å². The molecule has 1 N–H and O–H groups in total. The van der Waals surface area contributed by atoms with Crippen molar-refractivity contribution in [3.63, 3.8) is 0 Å². The lowest BCUT2D eigenvalue weighted by molar-refractivity contribution is 0.00692. The summed E-state index contributed by atoms with van der Waals surface area (Å²) >= 11 is 0. The van der Waals surface area contributed by atoms with E-state index < -0.39 is 17.3 Å². The molecule has 2 heterocycles. The Balaban J connectivity index is 1.75. The topological polar surface area (TPSA) is 82.5 Å². The maximum absolute atomic E-state index is 12.4. The van der Waals surface area contributed by atoms with Crippen LogP contribution in [0.3, 0.4) is 0 Å². The van der Waals surface area contributed by atoms with Crippen LogP contribution in [-0.4, -0.2) is 39.4 Å². The van der Waals surface area contributed by atoms with Gasteiger partial charge >= 0.3 is 12.1 Å². The third-order valence-corrected chi connectivity index (χ3v) is 4.81. The van der Waals surface area contributed by atoms with Gasteiger partial charge < -0.3 is 19.4 Å². The van der Waals surface area contributed by atoms with E-state index >= 15 is 0 Å². The first kappa shape index (κ1) is 22.8. The Labute approximate surface area is 184 Å². The third-order valence-electron chi connectivity index (χ3n) is 4.81. The normalized spacial score (nSPS) is 16.4. The number of fused-ring (bicyclic) bond motifs is 1. The number of imidazole rings is 1. The second-order valence-corrected chi connectivity index (χ2v) is 9.98. The van der Waals surface area contributed by atoms with Crippen molar-refractivity contribution < 1.29 is 19.1 Å². The van der Waals surface area contributed by atoms with Gasteiger partial charge in [0.15, 0.2) is 0 Å². The fourth-order valence-corrected chi connectivity index (χ4v) is 3.57. The summed E-state index contributed by atoms with van der Waals surface area (Å²) in [6.07, 6.45) is 3.57. The van der Waals surface area contributed by atoms with Gasteiger partial charge in [-0.25, -0.2) is 14.6 Å². The van der Waals surface area contributed by atoms with Crippen molar-refractivity contribution in [2.24, 2.45) is 0 Å². The second kappa shape index (κ2) is 8.73. The van der Waals surface area contributed by atoms with Crippen molar-refractivity contribution in [3.05, 3.63) is 41.9 Å². The molecular weight excluding hydrogens is 394 g/mol. The molecule has 31 heavy (non-hydrogen) atoms. The van der Waals surface area contributed by atoms with Crippen molar-refractivity contribution in [2.45, 2.75) is 78.0 Å².